The lowest BCUT2D eigenvalue weighted by Gasteiger charge is -2.19. The highest BCUT2D eigenvalue weighted by Gasteiger charge is 2.22. The SMILES string of the molecule is CCN(CC)c1ccc(CNC(=O)c2ccc(N3CCNC3=O)c(C)c2)cn1. The Morgan fingerprint density at radius 3 is 2.61 bits per heavy atom. The molecule has 7 heteroatoms. The molecule has 0 bridgehead atoms. The summed E-state index contributed by atoms with van der Waals surface area (Å²) >= 11 is 0. The number of aryl methyl sites for hydroxylation is 1. The molecule has 2 aromatic rings. The quantitative estimate of drug-likeness (QED) is 0.773. The predicted octanol–water partition coefficient (Wildman–Crippen LogP) is 2.70. The van der Waals surface area contributed by atoms with E-state index in [1.807, 2.05) is 31.2 Å². The highest BCUT2D eigenvalue weighted by Crippen LogP contribution is 2.23. The average Bonchev–Trinajstić information content (AvgIpc) is 3.13. The minimum atomic E-state index is -0.145. The third kappa shape index (κ3) is 4.24. The molecule has 28 heavy (non-hydrogen) atoms. The number of hydrogen-bond acceptors (Lipinski definition) is 4. The maximum atomic E-state index is 12.5. The van der Waals surface area contributed by atoms with Crippen LogP contribution in [-0.4, -0.2) is 43.1 Å². The second-order valence-corrected chi connectivity index (χ2v) is 6.76. The topological polar surface area (TPSA) is 77.6 Å². The number of amides is 3. The molecule has 3 rings (SSSR count). The number of nitrogens with zero attached hydrogens (tertiary/aromatic N) is 3. The second kappa shape index (κ2) is 8.73. The number of urea groups is 1. The second-order valence-electron chi connectivity index (χ2n) is 6.76. The smallest absolute Gasteiger partial charge is 0.322 e. The first-order valence-electron chi connectivity index (χ1n) is 9.67. The summed E-state index contributed by atoms with van der Waals surface area (Å²) in [5.41, 5.74) is 3.26. The zero-order valence-electron chi connectivity index (χ0n) is 16.7. The number of carbonyl (C=O) groups excluding carboxylic acids is 2. The van der Waals surface area contributed by atoms with E-state index in [0.29, 0.717) is 25.2 Å². The monoisotopic (exact) mass is 381 g/mol. The summed E-state index contributed by atoms with van der Waals surface area (Å²) in [6, 6.07) is 9.27. The summed E-state index contributed by atoms with van der Waals surface area (Å²) in [7, 11) is 0. The molecule has 1 saturated heterocycles. The third-order valence-corrected chi connectivity index (χ3v) is 4.96. The molecule has 1 aromatic carbocycles. The number of aromatic nitrogens is 1. The standard InChI is InChI=1S/C21H27N5O2/c1-4-25(5-2)19-9-6-16(13-23-19)14-24-20(27)17-7-8-18(15(3)12-17)26-11-10-22-21(26)28/h6-9,12-13H,4-5,10-11,14H2,1-3H3,(H,22,28)(H,24,27). The minimum absolute atomic E-state index is 0.0963. The van der Waals surface area contributed by atoms with E-state index in [0.717, 1.165) is 35.7 Å². The van der Waals surface area contributed by atoms with Gasteiger partial charge in [-0.25, -0.2) is 9.78 Å². The van der Waals surface area contributed by atoms with Gasteiger partial charge < -0.3 is 15.5 Å². The Labute approximate surface area is 165 Å². The molecule has 3 amide bonds. The maximum absolute atomic E-state index is 12.5. The Balaban J connectivity index is 1.62. The number of rotatable bonds is 7. The van der Waals surface area contributed by atoms with Crippen LogP contribution in [0.5, 0.6) is 0 Å². The third-order valence-electron chi connectivity index (χ3n) is 4.96. The van der Waals surface area contributed by atoms with Gasteiger partial charge in [-0.05, 0) is 56.2 Å². The van der Waals surface area contributed by atoms with E-state index in [9.17, 15) is 9.59 Å². The average molecular weight is 381 g/mol. The molecular weight excluding hydrogens is 354 g/mol. The number of nitrogens with one attached hydrogen (secondary N) is 2. The first-order chi connectivity index (χ1) is 13.5. The molecule has 0 unspecified atom stereocenters. The van der Waals surface area contributed by atoms with Crippen LogP contribution in [0.25, 0.3) is 0 Å². The lowest BCUT2D eigenvalue weighted by molar-refractivity contribution is 0.0951. The van der Waals surface area contributed by atoms with Crippen molar-refractivity contribution in [2.75, 3.05) is 36.0 Å². The fraction of sp³-hybridized carbons (Fsp3) is 0.381. The minimum Gasteiger partial charge on any atom is -0.357 e. The largest absolute Gasteiger partial charge is 0.357 e. The van der Waals surface area contributed by atoms with Gasteiger partial charge in [0.25, 0.3) is 5.91 Å². The molecule has 1 aliphatic rings. The normalized spacial score (nSPS) is 13.4. The number of pyridine rings is 1. The van der Waals surface area contributed by atoms with Crippen LogP contribution in [0, 0.1) is 6.92 Å². The van der Waals surface area contributed by atoms with Gasteiger partial charge in [0.15, 0.2) is 0 Å². The first-order valence-corrected chi connectivity index (χ1v) is 9.67. The van der Waals surface area contributed by atoms with Crippen molar-refractivity contribution >= 4 is 23.4 Å². The van der Waals surface area contributed by atoms with Gasteiger partial charge in [-0.1, -0.05) is 6.07 Å². The fourth-order valence-electron chi connectivity index (χ4n) is 3.34. The van der Waals surface area contributed by atoms with Crippen molar-refractivity contribution < 1.29 is 9.59 Å². The number of benzene rings is 1. The highest BCUT2D eigenvalue weighted by atomic mass is 16.2. The van der Waals surface area contributed by atoms with Gasteiger partial charge in [0.1, 0.15) is 5.82 Å². The van der Waals surface area contributed by atoms with Crippen LogP contribution >= 0.6 is 0 Å². The molecule has 148 valence electrons. The van der Waals surface area contributed by atoms with E-state index >= 15 is 0 Å². The Morgan fingerprint density at radius 2 is 2.04 bits per heavy atom. The predicted molar refractivity (Wildman–Crippen MR) is 111 cm³/mol. The van der Waals surface area contributed by atoms with Gasteiger partial charge in [-0.15, -0.1) is 0 Å². The van der Waals surface area contributed by atoms with Crippen LogP contribution < -0.4 is 20.4 Å². The number of anilines is 2. The van der Waals surface area contributed by atoms with Gasteiger partial charge in [0, 0.05) is 50.2 Å². The van der Waals surface area contributed by atoms with E-state index in [4.69, 9.17) is 0 Å². The van der Waals surface area contributed by atoms with E-state index in [-0.39, 0.29) is 11.9 Å². The molecule has 0 radical (unpaired) electrons. The molecule has 0 spiro atoms. The van der Waals surface area contributed by atoms with E-state index in [2.05, 4.69) is 34.4 Å². The van der Waals surface area contributed by atoms with Gasteiger partial charge in [0.05, 0.1) is 0 Å². The van der Waals surface area contributed by atoms with Crippen LogP contribution in [0.1, 0.15) is 35.3 Å². The van der Waals surface area contributed by atoms with Crippen LogP contribution in [-0.2, 0) is 6.54 Å². The molecular formula is C21H27N5O2. The van der Waals surface area contributed by atoms with Crippen LogP contribution in [0.15, 0.2) is 36.5 Å². The molecule has 7 nitrogen and oxygen atoms in total. The van der Waals surface area contributed by atoms with Crippen LogP contribution in [0.4, 0.5) is 16.3 Å². The van der Waals surface area contributed by atoms with E-state index < -0.39 is 0 Å². The van der Waals surface area contributed by atoms with Crippen LogP contribution in [0.3, 0.4) is 0 Å². The molecule has 1 aliphatic heterocycles. The molecule has 0 atom stereocenters. The molecule has 1 fully saturated rings. The summed E-state index contributed by atoms with van der Waals surface area (Å²) < 4.78 is 0. The van der Waals surface area contributed by atoms with Crippen molar-refractivity contribution in [1.29, 1.82) is 0 Å². The Bertz CT molecular complexity index is 846. The summed E-state index contributed by atoms with van der Waals surface area (Å²) in [4.78, 5) is 32.7. The van der Waals surface area contributed by atoms with Crippen LogP contribution in [0.2, 0.25) is 0 Å². The number of carbonyl (C=O) groups is 2. The van der Waals surface area contributed by atoms with E-state index in [1.165, 1.54) is 0 Å². The fourth-order valence-corrected chi connectivity index (χ4v) is 3.34. The molecule has 1 aromatic heterocycles. The van der Waals surface area contributed by atoms with E-state index in [1.54, 1.807) is 17.2 Å². The zero-order chi connectivity index (χ0) is 20.1. The van der Waals surface area contributed by atoms with Gasteiger partial charge in [-0.3, -0.25) is 9.69 Å². The van der Waals surface area contributed by atoms with Crippen molar-refractivity contribution in [1.82, 2.24) is 15.6 Å². The first kappa shape index (κ1) is 19.7. The maximum Gasteiger partial charge on any atom is 0.322 e. The zero-order valence-corrected chi connectivity index (χ0v) is 16.7. The Kier molecular flexibility index (Phi) is 6.13. The summed E-state index contributed by atoms with van der Waals surface area (Å²) in [6.45, 7) is 9.63. The molecule has 0 aliphatic carbocycles. The summed E-state index contributed by atoms with van der Waals surface area (Å²) in [5.74, 6) is 0.797. The summed E-state index contributed by atoms with van der Waals surface area (Å²) in [5, 5.41) is 5.72. The molecule has 2 heterocycles. The lowest BCUT2D eigenvalue weighted by Crippen LogP contribution is -2.28. The van der Waals surface area contributed by atoms with Crippen molar-refractivity contribution in [3.8, 4) is 0 Å². The number of hydrogen-bond donors (Lipinski definition) is 2. The van der Waals surface area contributed by atoms with Crippen molar-refractivity contribution in [3.63, 3.8) is 0 Å². The Morgan fingerprint density at radius 1 is 1.25 bits per heavy atom. The summed E-state index contributed by atoms with van der Waals surface area (Å²) in [6.07, 6.45) is 1.80. The van der Waals surface area contributed by atoms with Crippen molar-refractivity contribution in [2.24, 2.45) is 0 Å². The van der Waals surface area contributed by atoms with Gasteiger partial charge in [-0.2, -0.15) is 0 Å². The van der Waals surface area contributed by atoms with Crippen molar-refractivity contribution in [3.05, 3.63) is 53.2 Å². The van der Waals surface area contributed by atoms with Crippen molar-refractivity contribution in [2.45, 2.75) is 27.3 Å². The Hall–Kier alpha value is -3.09. The van der Waals surface area contributed by atoms with Gasteiger partial charge >= 0.3 is 6.03 Å². The molecule has 2 N–H and O–H groups in total. The lowest BCUT2D eigenvalue weighted by atomic mass is 10.1. The highest BCUT2D eigenvalue weighted by molar-refractivity contribution is 5.97. The van der Waals surface area contributed by atoms with Gasteiger partial charge in [0.2, 0.25) is 0 Å². The molecule has 0 saturated carbocycles.